The molecule has 0 saturated carbocycles. The first kappa shape index (κ1) is 7.01. The van der Waals surface area contributed by atoms with Gasteiger partial charge in [0.2, 0.25) is 0 Å². The Balaban J connectivity index is 3.18. The predicted octanol–water partition coefficient (Wildman–Crippen LogP) is -0.505. The van der Waals surface area contributed by atoms with Crippen molar-refractivity contribution < 1.29 is 9.90 Å². The van der Waals surface area contributed by atoms with E-state index in [-0.39, 0.29) is 6.54 Å². The number of rotatable bonds is 2. The normalized spacial score (nSPS) is 8.12. The number of nitrogens with one attached hydrogen (secondary N) is 1. The Hall–Kier alpha value is -0.990. The van der Waals surface area contributed by atoms with Crippen LogP contribution in [0.15, 0.2) is 12.2 Å². The molecule has 0 aliphatic rings. The van der Waals surface area contributed by atoms with Gasteiger partial charge in [-0.05, 0) is 6.92 Å². The number of carboxylic acid groups (broad SMARTS) is 1. The van der Waals surface area contributed by atoms with E-state index >= 15 is 0 Å². The van der Waals surface area contributed by atoms with Gasteiger partial charge >= 0.3 is 0 Å². The molecule has 0 bridgehead atoms. The first-order valence-corrected chi connectivity index (χ1v) is 2.22. The zero-order valence-corrected chi connectivity index (χ0v) is 4.73. The molecule has 0 atom stereocenters. The summed E-state index contributed by atoms with van der Waals surface area (Å²) >= 11 is 0. The van der Waals surface area contributed by atoms with Gasteiger partial charge in [0.05, 0.1) is 0 Å². The molecule has 46 valence electrons. The molecule has 3 heteroatoms. The molecule has 0 aliphatic heterocycles. The number of carbonyl (C=O) groups is 1. The van der Waals surface area contributed by atoms with Crippen molar-refractivity contribution in [2.75, 3.05) is 6.54 Å². The summed E-state index contributed by atoms with van der Waals surface area (Å²) in [6.45, 7) is 5.49. The van der Waals surface area contributed by atoms with Gasteiger partial charge in [0.1, 0.15) is 6.09 Å². The molecule has 3 nitrogen and oxygen atoms in total. The Morgan fingerprint density at radius 1 is 1.88 bits per heavy atom. The molecule has 0 radical (unpaired) electrons. The SMILES string of the molecule is C=C(C)CNC(=O)[O-]. The molecule has 0 fully saturated rings. The maximum atomic E-state index is 9.64. The second kappa shape index (κ2) is 3.07. The maximum Gasteiger partial charge on any atom is 0.134 e. The van der Waals surface area contributed by atoms with E-state index in [2.05, 4.69) is 11.9 Å². The molecule has 0 unspecified atom stereocenters. The zero-order valence-electron chi connectivity index (χ0n) is 4.73. The summed E-state index contributed by atoms with van der Waals surface area (Å²) in [5.41, 5.74) is 0.772. The summed E-state index contributed by atoms with van der Waals surface area (Å²) in [6.07, 6.45) is -1.26. The van der Waals surface area contributed by atoms with E-state index in [1.807, 2.05) is 0 Å². The molecule has 0 spiro atoms. The third-order valence-corrected chi connectivity index (χ3v) is 0.535. The van der Waals surface area contributed by atoms with Gasteiger partial charge in [-0.15, -0.1) is 0 Å². The minimum absolute atomic E-state index is 0.280. The molecular weight excluding hydrogens is 106 g/mol. The van der Waals surface area contributed by atoms with E-state index < -0.39 is 6.09 Å². The lowest BCUT2D eigenvalue weighted by atomic mass is 10.4. The number of carbonyl (C=O) groups excluding carboxylic acids is 1. The van der Waals surface area contributed by atoms with Gasteiger partial charge < -0.3 is 15.2 Å². The van der Waals surface area contributed by atoms with Gasteiger partial charge in [-0.3, -0.25) is 0 Å². The van der Waals surface area contributed by atoms with Crippen LogP contribution in [0.1, 0.15) is 6.92 Å². The Morgan fingerprint density at radius 3 is 2.50 bits per heavy atom. The van der Waals surface area contributed by atoms with Crippen LogP contribution in [0, 0.1) is 0 Å². The number of hydrogen-bond donors (Lipinski definition) is 1. The maximum absolute atomic E-state index is 9.64. The minimum atomic E-state index is -1.26. The summed E-state index contributed by atoms with van der Waals surface area (Å²) in [6, 6.07) is 0. The fraction of sp³-hybridized carbons (Fsp3) is 0.400. The van der Waals surface area contributed by atoms with E-state index in [4.69, 9.17) is 0 Å². The largest absolute Gasteiger partial charge is 0.530 e. The lowest BCUT2D eigenvalue weighted by Gasteiger charge is -2.03. The van der Waals surface area contributed by atoms with Gasteiger partial charge in [-0.1, -0.05) is 12.2 Å². The summed E-state index contributed by atoms with van der Waals surface area (Å²) < 4.78 is 0. The van der Waals surface area contributed by atoms with Crippen molar-refractivity contribution in [3.05, 3.63) is 12.2 Å². The first-order chi connectivity index (χ1) is 3.63. The second-order valence-corrected chi connectivity index (χ2v) is 1.60. The minimum Gasteiger partial charge on any atom is -0.530 e. The van der Waals surface area contributed by atoms with E-state index in [1.54, 1.807) is 6.92 Å². The average molecular weight is 114 g/mol. The number of hydrogen-bond acceptors (Lipinski definition) is 2. The van der Waals surface area contributed by atoms with E-state index in [1.165, 1.54) is 0 Å². The first-order valence-electron chi connectivity index (χ1n) is 2.22. The van der Waals surface area contributed by atoms with Crippen molar-refractivity contribution in [2.24, 2.45) is 0 Å². The molecule has 0 aromatic carbocycles. The molecule has 1 amide bonds. The Labute approximate surface area is 48.0 Å². The molecule has 0 aromatic rings. The number of amides is 1. The molecule has 0 aromatic heterocycles. The third kappa shape index (κ3) is 5.01. The van der Waals surface area contributed by atoms with Crippen molar-refractivity contribution in [1.82, 2.24) is 5.32 Å². The Bertz CT molecular complexity index is 95.0. The second-order valence-electron chi connectivity index (χ2n) is 1.60. The predicted molar refractivity (Wildman–Crippen MR) is 28.2 cm³/mol. The van der Waals surface area contributed by atoms with Crippen LogP contribution < -0.4 is 10.4 Å². The molecular formula is C5H8NO2-. The van der Waals surface area contributed by atoms with Crippen LogP contribution in [0.25, 0.3) is 0 Å². The van der Waals surface area contributed by atoms with Gasteiger partial charge in [-0.2, -0.15) is 0 Å². The van der Waals surface area contributed by atoms with Crippen LogP contribution in [0.3, 0.4) is 0 Å². The lowest BCUT2D eigenvalue weighted by molar-refractivity contribution is -0.250. The van der Waals surface area contributed by atoms with Gasteiger partial charge in [0, 0.05) is 6.54 Å². The molecule has 0 heterocycles. The molecule has 0 aliphatic carbocycles. The molecule has 0 saturated heterocycles. The Kier molecular flexibility index (Phi) is 2.69. The fourth-order valence-electron chi connectivity index (χ4n) is 0.223. The highest BCUT2D eigenvalue weighted by atomic mass is 16.4. The van der Waals surface area contributed by atoms with Crippen molar-refractivity contribution in [1.29, 1.82) is 0 Å². The smallest absolute Gasteiger partial charge is 0.134 e. The van der Waals surface area contributed by atoms with Gasteiger partial charge in [-0.25, -0.2) is 0 Å². The third-order valence-electron chi connectivity index (χ3n) is 0.535. The average Bonchev–Trinajstić information content (AvgIpc) is 1.61. The van der Waals surface area contributed by atoms with Crippen molar-refractivity contribution >= 4 is 6.09 Å². The summed E-state index contributed by atoms with van der Waals surface area (Å²) in [4.78, 5) is 9.64. The summed E-state index contributed by atoms with van der Waals surface area (Å²) in [7, 11) is 0. The van der Waals surface area contributed by atoms with Crippen LogP contribution in [0.5, 0.6) is 0 Å². The van der Waals surface area contributed by atoms with Crippen molar-refractivity contribution in [2.45, 2.75) is 6.92 Å². The van der Waals surface area contributed by atoms with E-state index in [9.17, 15) is 9.90 Å². The topological polar surface area (TPSA) is 52.2 Å². The Morgan fingerprint density at radius 2 is 2.38 bits per heavy atom. The van der Waals surface area contributed by atoms with Crippen molar-refractivity contribution in [3.63, 3.8) is 0 Å². The monoisotopic (exact) mass is 114 g/mol. The van der Waals surface area contributed by atoms with Crippen molar-refractivity contribution in [3.8, 4) is 0 Å². The highest BCUT2D eigenvalue weighted by molar-refractivity contribution is 5.62. The zero-order chi connectivity index (χ0) is 6.57. The van der Waals surface area contributed by atoms with Gasteiger partial charge in [0.15, 0.2) is 0 Å². The van der Waals surface area contributed by atoms with Crippen LogP contribution >= 0.6 is 0 Å². The van der Waals surface area contributed by atoms with Crippen LogP contribution in [0.4, 0.5) is 4.79 Å². The van der Waals surface area contributed by atoms with E-state index in [0.717, 1.165) is 5.57 Å². The summed E-state index contributed by atoms with van der Waals surface area (Å²) in [5.74, 6) is 0. The van der Waals surface area contributed by atoms with Crippen LogP contribution in [-0.4, -0.2) is 12.6 Å². The highest BCUT2D eigenvalue weighted by Crippen LogP contribution is 1.78. The van der Waals surface area contributed by atoms with Crippen LogP contribution in [-0.2, 0) is 0 Å². The van der Waals surface area contributed by atoms with Gasteiger partial charge in [0.25, 0.3) is 0 Å². The quantitative estimate of drug-likeness (QED) is 0.492. The lowest BCUT2D eigenvalue weighted by Crippen LogP contribution is -2.37. The fourth-order valence-corrected chi connectivity index (χ4v) is 0.223. The standard InChI is InChI=1S/C5H9NO2/c1-4(2)3-6-5(7)8/h6H,1,3H2,2H3,(H,7,8)/p-1. The van der Waals surface area contributed by atoms with E-state index in [0.29, 0.717) is 0 Å². The molecule has 1 N–H and O–H groups in total. The highest BCUT2D eigenvalue weighted by Gasteiger charge is 1.81. The van der Waals surface area contributed by atoms with Crippen LogP contribution in [0.2, 0.25) is 0 Å². The summed E-state index contributed by atoms with van der Waals surface area (Å²) in [5, 5.41) is 11.7. The molecule has 0 rings (SSSR count). The molecule has 8 heavy (non-hydrogen) atoms.